The molecule has 1 heteroatoms. The highest BCUT2D eigenvalue weighted by atomic mass is 16.5. The molecule has 1 saturated heterocycles. The third-order valence-corrected chi connectivity index (χ3v) is 2.32. The minimum Gasteiger partial charge on any atom is -0.381 e. The summed E-state index contributed by atoms with van der Waals surface area (Å²) in [6.45, 7) is 8.74. The van der Waals surface area contributed by atoms with E-state index in [9.17, 15) is 0 Å². The maximum atomic E-state index is 5.43. The molecule has 1 atom stereocenters. The van der Waals surface area contributed by atoms with Gasteiger partial charge in [0.25, 0.3) is 0 Å². The van der Waals surface area contributed by atoms with Gasteiger partial charge in [0, 0.05) is 13.2 Å². The highest BCUT2D eigenvalue weighted by Crippen LogP contribution is 2.26. The first kappa shape index (κ1) is 10.0. The summed E-state index contributed by atoms with van der Waals surface area (Å²) in [6.07, 6.45) is 6.26. The molecule has 0 amide bonds. The highest BCUT2D eigenvalue weighted by Gasteiger charge is 2.17. The first-order valence-corrected chi connectivity index (χ1v) is 5.00. The minimum atomic E-state index is 0.372. The van der Waals surface area contributed by atoms with Crippen LogP contribution in [-0.2, 0) is 4.74 Å². The number of rotatable bonds is 2. The van der Waals surface area contributed by atoms with Gasteiger partial charge in [0.2, 0.25) is 0 Å². The van der Waals surface area contributed by atoms with E-state index in [0.717, 1.165) is 19.1 Å². The van der Waals surface area contributed by atoms with Crippen molar-refractivity contribution < 1.29 is 4.74 Å². The van der Waals surface area contributed by atoms with Crippen LogP contribution >= 0.6 is 0 Å². The van der Waals surface area contributed by atoms with Gasteiger partial charge in [0.05, 0.1) is 0 Å². The van der Waals surface area contributed by atoms with Gasteiger partial charge < -0.3 is 4.74 Å². The molecule has 1 heterocycles. The molecule has 12 heavy (non-hydrogen) atoms. The van der Waals surface area contributed by atoms with Gasteiger partial charge in [0.15, 0.2) is 0 Å². The smallest absolute Gasteiger partial charge is 0.0494 e. The lowest BCUT2D eigenvalue weighted by Crippen LogP contribution is -2.19. The zero-order chi connectivity index (χ0) is 9.03. The van der Waals surface area contributed by atoms with E-state index in [-0.39, 0.29) is 0 Å². The summed E-state index contributed by atoms with van der Waals surface area (Å²) in [4.78, 5) is 0. The van der Waals surface area contributed by atoms with Crippen LogP contribution in [0, 0.1) is 17.8 Å². The Kier molecular flexibility index (Phi) is 3.57. The van der Waals surface area contributed by atoms with Crippen molar-refractivity contribution in [3.05, 3.63) is 6.42 Å². The summed E-state index contributed by atoms with van der Waals surface area (Å²) in [5, 5.41) is 0. The Morgan fingerprint density at radius 2 is 2.17 bits per heavy atom. The van der Waals surface area contributed by atoms with E-state index in [0.29, 0.717) is 5.41 Å². The summed E-state index contributed by atoms with van der Waals surface area (Å²) < 4.78 is 5.43. The van der Waals surface area contributed by atoms with E-state index in [4.69, 9.17) is 4.74 Å². The number of hydrogen-bond acceptors (Lipinski definition) is 1. The second-order valence-electron chi connectivity index (χ2n) is 4.89. The summed E-state index contributed by atoms with van der Waals surface area (Å²) in [5.74, 6) is 0.790. The highest BCUT2D eigenvalue weighted by molar-refractivity contribution is 4.83. The Morgan fingerprint density at radius 3 is 2.67 bits per heavy atom. The molecule has 0 spiro atoms. The molecule has 0 saturated carbocycles. The Balaban J connectivity index is 2.13. The Bertz CT molecular complexity index is 117. The van der Waals surface area contributed by atoms with Crippen LogP contribution in [0.25, 0.3) is 0 Å². The molecule has 0 aromatic heterocycles. The van der Waals surface area contributed by atoms with Crippen LogP contribution in [0.1, 0.15) is 40.0 Å². The van der Waals surface area contributed by atoms with Crippen LogP contribution < -0.4 is 0 Å². The van der Waals surface area contributed by atoms with E-state index in [1.54, 1.807) is 0 Å². The molecule has 71 valence electrons. The SMILES string of the molecule is CC(C)(C)[CH]CC1CCCOC1. The summed E-state index contributed by atoms with van der Waals surface area (Å²) in [6, 6.07) is 0. The van der Waals surface area contributed by atoms with E-state index in [1.807, 2.05) is 0 Å². The van der Waals surface area contributed by atoms with Crippen LogP contribution in [0.3, 0.4) is 0 Å². The van der Waals surface area contributed by atoms with Gasteiger partial charge >= 0.3 is 0 Å². The van der Waals surface area contributed by atoms with Gasteiger partial charge in [-0.1, -0.05) is 20.8 Å². The van der Waals surface area contributed by atoms with Crippen LogP contribution in [0.4, 0.5) is 0 Å². The summed E-state index contributed by atoms with van der Waals surface area (Å²) in [7, 11) is 0. The largest absolute Gasteiger partial charge is 0.381 e. The fourth-order valence-electron chi connectivity index (χ4n) is 1.51. The molecule has 1 fully saturated rings. The van der Waals surface area contributed by atoms with Crippen molar-refractivity contribution in [3.63, 3.8) is 0 Å². The van der Waals surface area contributed by atoms with Crippen molar-refractivity contribution in [1.29, 1.82) is 0 Å². The molecule has 1 aliphatic heterocycles. The first-order chi connectivity index (χ1) is 5.58. The zero-order valence-corrected chi connectivity index (χ0v) is 8.60. The van der Waals surface area contributed by atoms with Gasteiger partial charge in [-0.2, -0.15) is 0 Å². The predicted octanol–water partition coefficient (Wildman–Crippen LogP) is 3.05. The zero-order valence-electron chi connectivity index (χ0n) is 8.60. The molecular weight excluding hydrogens is 148 g/mol. The molecule has 0 aromatic carbocycles. The Labute approximate surface area is 76.5 Å². The standard InChI is InChI=1S/C11H21O/c1-11(2,3)7-6-10-5-4-8-12-9-10/h7,10H,4-6,8-9H2,1-3H3. The molecule has 0 aliphatic carbocycles. The van der Waals surface area contributed by atoms with Crippen molar-refractivity contribution in [2.45, 2.75) is 40.0 Å². The maximum absolute atomic E-state index is 5.43. The van der Waals surface area contributed by atoms with Crippen LogP contribution in [0.15, 0.2) is 0 Å². The normalized spacial score (nSPS) is 25.8. The molecule has 0 N–H and O–H groups in total. The van der Waals surface area contributed by atoms with Gasteiger partial charge in [-0.05, 0) is 37.0 Å². The molecule has 1 unspecified atom stereocenters. The van der Waals surface area contributed by atoms with Crippen molar-refractivity contribution in [1.82, 2.24) is 0 Å². The molecule has 1 rings (SSSR count). The lowest BCUT2D eigenvalue weighted by Gasteiger charge is -2.25. The first-order valence-electron chi connectivity index (χ1n) is 5.00. The number of ether oxygens (including phenoxy) is 1. The third-order valence-electron chi connectivity index (χ3n) is 2.32. The van der Waals surface area contributed by atoms with Crippen molar-refractivity contribution in [2.24, 2.45) is 11.3 Å². The van der Waals surface area contributed by atoms with Crippen LogP contribution in [0.2, 0.25) is 0 Å². The topological polar surface area (TPSA) is 9.23 Å². The lowest BCUT2D eigenvalue weighted by atomic mass is 9.85. The third kappa shape index (κ3) is 4.10. The molecule has 0 bridgehead atoms. The van der Waals surface area contributed by atoms with Crippen LogP contribution in [-0.4, -0.2) is 13.2 Å². The fraction of sp³-hybridized carbons (Fsp3) is 0.909. The maximum Gasteiger partial charge on any atom is 0.0494 e. The minimum absolute atomic E-state index is 0.372. The van der Waals surface area contributed by atoms with Gasteiger partial charge in [-0.15, -0.1) is 0 Å². The molecule has 0 aromatic rings. The van der Waals surface area contributed by atoms with Crippen molar-refractivity contribution in [2.75, 3.05) is 13.2 Å². The predicted molar refractivity (Wildman–Crippen MR) is 51.9 cm³/mol. The average molecular weight is 169 g/mol. The van der Waals surface area contributed by atoms with Gasteiger partial charge in [-0.25, -0.2) is 0 Å². The van der Waals surface area contributed by atoms with Crippen molar-refractivity contribution in [3.8, 4) is 0 Å². The van der Waals surface area contributed by atoms with Gasteiger partial charge in [0.1, 0.15) is 0 Å². The summed E-state index contributed by atoms with van der Waals surface area (Å²) in [5.41, 5.74) is 0.372. The van der Waals surface area contributed by atoms with Crippen LogP contribution in [0.5, 0.6) is 0 Å². The lowest BCUT2D eigenvalue weighted by molar-refractivity contribution is 0.0530. The summed E-state index contributed by atoms with van der Waals surface area (Å²) >= 11 is 0. The monoisotopic (exact) mass is 169 g/mol. The molecule has 1 aliphatic rings. The molecule has 1 nitrogen and oxygen atoms in total. The van der Waals surface area contributed by atoms with E-state index < -0.39 is 0 Å². The van der Waals surface area contributed by atoms with E-state index in [2.05, 4.69) is 27.2 Å². The second-order valence-corrected chi connectivity index (χ2v) is 4.89. The quantitative estimate of drug-likeness (QED) is 0.617. The van der Waals surface area contributed by atoms with E-state index >= 15 is 0 Å². The average Bonchev–Trinajstić information content (AvgIpc) is 2.02. The molecule has 1 radical (unpaired) electrons. The Hall–Kier alpha value is -0.0400. The second kappa shape index (κ2) is 4.27. The number of hydrogen-bond donors (Lipinski definition) is 0. The Morgan fingerprint density at radius 1 is 1.42 bits per heavy atom. The van der Waals surface area contributed by atoms with Gasteiger partial charge in [-0.3, -0.25) is 0 Å². The molecular formula is C11H21O. The van der Waals surface area contributed by atoms with Crippen molar-refractivity contribution >= 4 is 0 Å². The van der Waals surface area contributed by atoms with E-state index in [1.165, 1.54) is 19.3 Å². The fourth-order valence-corrected chi connectivity index (χ4v) is 1.51.